The number of carbonyl (C=O) groups excluding carboxylic acids is 2. The van der Waals surface area contributed by atoms with Crippen molar-refractivity contribution in [3.05, 3.63) is 66.9 Å². The monoisotopic (exact) mass is 530 g/mol. The maximum Gasteiger partial charge on any atom is 1.00 e. The number of hydrogen-bond donors (Lipinski definition) is 2. The molecule has 2 aliphatic rings. The molecule has 7 nitrogen and oxygen atoms in total. The Kier molecular flexibility index (Phi) is 7.31. The van der Waals surface area contributed by atoms with Gasteiger partial charge in [-0.3, -0.25) is 4.79 Å². The molecule has 1 saturated carbocycles. The summed E-state index contributed by atoms with van der Waals surface area (Å²) in [4.78, 5) is 34.0. The van der Waals surface area contributed by atoms with Gasteiger partial charge in [-0.1, -0.05) is 58.3 Å². The van der Waals surface area contributed by atoms with Gasteiger partial charge in [0.2, 0.25) is 0 Å². The van der Waals surface area contributed by atoms with Crippen LogP contribution in [0.1, 0.15) is 37.1 Å². The number of nitrogens with zero attached hydrogens (tertiary/aromatic N) is 2. The van der Waals surface area contributed by atoms with Crippen LogP contribution >= 0.6 is 46.1 Å². The molecule has 0 unspecified atom stereocenters. The fraction of sp³-hybridized carbons (Fsp3) is 0.318. The number of rotatable bonds is 6. The zero-order chi connectivity index (χ0) is 23.4. The summed E-state index contributed by atoms with van der Waals surface area (Å²) in [6.07, 6.45) is 0.384. The quantitative estimate of drug-likeness (QED) is 0.453. The van der Waals surface area contributed by atoms with Crippen LogP contribution in [0.15, 0.2) is 24.3 Å². The molecule has 1 saturated heterocycles. The standard InChI is InChI=1S/C22H19Cl3N4O3S.Li/c1-9-15(24)16(25)18(26-9)20(30)28-17-12-7-29(8-13(12)17)22-27-14(19(33-22)21(31)32)6-10-2-4-11(23)5-3-10;/h2-5,12-13,17,26H,6-8H2,1H3,(H,28,30)(H,31,32);/q;+1/p-1/t12-,13+,17-;. The molecule has 1 aromatic carbocycles. The number of amides is 1. The van der Waals surface area contributed by atoms with Gasteiger partial charge in [-0.15, -0.1) is 0 Å². The Bertz CT molecular complexity index is 1250. The summed E-state index contributed by atoms with van der Waals surface area (Å²) >= 11 is 19.3. The van der Waals surface area contributed by atoms with Crippen molar-refractivity contribution in [2.24, 2.45) is 11.8 Å². The Morgan fingerprint density at radius 3 is 2.38 bits per heavy atom. The first-order valence-corrected chi connectivity index (χ1v) is 12.2. The molecule has 0 spiro atoms. The van der Waals surface area contributed by atoms with E-state index in [1.165, 1.54) is 0 Å². The van der Waals surface area contributed by atoms with Crippen LogP contribution in [0.25, 0.3) is 0 Å². The van der Waals surface area contributed by atoms with Crippen LogP contribution in [0.4, 0.5) is 5.13 Å². The molecule has 0 radical (unpaired) electrons. The maximum atomic E-state index is 12.6. The van der Waals surface area contributed by atoms with Crippen LogP contribution in [0, 0.1) is 18.8 Å². The first kappa shape index (κ1) is 25.4. The molecule has 1 aliphatic carbocycles. The number of carboxylic acid groups (broad SMARTS) is 1. The smallest absolute Gasteiger partial charge is 0.544 e. The average molecular weight is 532 g/mol. The van der Waals surface area contributed by atoms with Gasteiger partial charge >= 0.3 is 18.9 Å². The SMILES string of the molecule is Cc1[nH]c(C(=O)N[C@@H]2[C@@H]3CN(c4nc(Cc5ccc(Cl)cc5)c(C(=O)[O-])s4)C[C@@H]32)c(Cl)c1Cl.[Li+]. The van der Waals surface area contributed by atoms with Crippen LogP contribution in [-0.2, 0) is 6.42 Å². The minimum absolute atomic E-state index is 0. The normalized spacial score (nSPS) is 20.6. The van der Waals surface area contributed by atoms with E-state index in [1.54, 1.807) is 19.1 Å². The Labute approximate surface area is 227 Å². The van der Waals surface area contributed by atoms with Gasteiger partial charge < -0.3 is 25.1 Å². The van der Waals surface area contributed by atoms with Crippen molar-refractivity contribution in [2.75, 3.05) is 18.0 Å². The van der Waals surface area contributed by atoms with E-state index in [0.29, 0.717) is 46.1 Å². The second-order valence-corrected chi connectivity index (χ2v) is 10.5. The molecule has 3 atom stereocenters. The third-order valence-corrected chi connectivity index (χ3v) is 8.54. The van der Waals surface area contributed by atoms with E-state index in [2.05, 4.69) is 20.2 Å². The van der Waals surface area contributed by atoms with Gasteiger partial charge in [0.15, 0.2) is 5.13 Å². The molecule has 2 fully saturated rings. The number of halogens is 3. The summed E-state index contributed by atoms with van der Waals surface area (Å²) in [5.74, 6) is -0.961. The fourth-order valence-electron chi connectivity index (χ4n) is 4.40. The molecule has 1 aliphatic heterocycles. The number of aromatic amines is 1. The number of aromatic nitrogens is 2. The van der Waals surface area contributed by atoms with E-state index in [0.717, 1.165) is 16.9 Å². The maximum absolute atomic E-state index is 12.6. The van der Waals surface area contributed by atoms with Gasteiger partial charge in [-0.05, 0) is 24.6 Å². The summed E-state index contributed by atoms with van der Waals surface area (Å²) in [6.45, 7) is 3.13. The number of carboxylic acids is 1. The molecular formula is C22H18Cl3LiN4O3S. The van der Waals surface area contributed by atoms with Gasteiger partial charge in [0, 0.05) is 48.1 Å². The van der Waals surface area contributed by atoms with Crippen LogP contribution in [0.3, 0.4) is 0 Å². The zero-order valence-corrected chi connectivity index (χ0v) is 21.4. The van der Waals surface area contributed by atoms with Crippen LogP contribution in [-0.4, -0.2) is 41.0 Å². The average Bonchev–Trinajstić information content (AvgIpc) is 3.14. The third-order valence-electron chi connectivity index (χ3n) is 6.20. The van der Waals surface area contributed by atoms with Crippen molar-refractivity contribution in [2.45, 2.75) is 19.4 Å². The molecule has 2 N–H and O–H groups in total. The molecule has 2 aromatic heterocycles. The second kappa shape index (κ2) is 9.77. The molecule has 0 bridgehead atoms. The van der Waals surface area contributed by atoms with E-state index in [-0.39, 0.29) is 58.2 Å². The number of carbonyl (C=O) groups is 2. The summed E-state index contributed by atoms with van der Waals surface area (Å²) in [6, 6.07) is 7.27. The predicted octanol–water partition coefficient (Wildman–Crippen LogP) is 0.563. The fourth-order valence-corrected chi connectivity index (χ4v) is 5.88. The van der Waals surface area contributed by atoms with Gasteiger partial charge in [0.1, 0.15) is 5.69 Å². The molecule has 3 heterocycles. The first-order chi connectivity index (χ1) is 15.7. The molecular weight excluding hydrogens is 514 g/mol. The Balaban J connectivity index is 0.00000274. The van der Waals surface area contributed by atoms with Crippen LogP contribution < -0.4 is 34.2 Å². The van der Waals surface area contributed by atoms with Gasteiger partial charge in [-0.2, -0.15) is 0 Å². The van der Waals surface area contributed by atoms with Gasteiger partial charge in [0.05, 0.1) is 26.6 Å². The molecule has 12 heteroatoms. The predicted molar refractivity (Wildman–Crippen MR) is 127 cm³/mol. The molecule has 3 aromatic rings. The van der Waals surface area contributed by atoms with Crippen molar-refractivity contribution in [3.8, 4) is 0 Å². The van der Waals surface area contributed by atoms with Crippen molar-refractivity contribution < 1.29 is 33.6 Å². The Morgan fingerprint density at radius 1 is 1.18 bits per heavy atom. The number of benzene rings is 1. The van der Waals surface area contributed by atoms with Crippen molar-refractivity contribution in [1.82, 2.24) is 15.3 Å². The van der Waals surface area contributed by atoms with Gasteiger partial charge in [0.25, 0.3) is 5.91 Å². The number of hydrogen-bond acceptors (Lipinski definition) is 6. The largest absolute Gasteiger partial charge is 1.00 e. The first-order valence-electron chi connectivity index (χ1n) is 10.3. The van der Waals surface area contributed by atoms with E-state index >= 15 is 0 Å². The third kappa shape index (κ3) is 4.73. The minimum atomic E-state index is -1.23. The zero-order valence-electron chi connectivity index (χ0n) is 18.3. The van der Waals surface area contributed by atoms with Crippen molar-refractivity contribution in [3.63, 3.8) is 0 Å². The van der Waals surface area contributed by atoms with Crippen LogP contribution in [0.5, 0.6) is 0 Å². The van der Waals surface area contributed by atoms with Crippen LogP contribution in [0.2, 0.25) is 15.1 Å². The summed E-state index contributed by atoms with van der Waals surface area (Å²) < 4.78 is 0. The number of aryl methyl sites for hydroxylation is 1. The number of anilines is 1. The molecule has 5 rings (SSSR count). The topological polar surface area (TPSA) is 101 Å². The molecule has 1 amide bonds. The Morgan fingerprint density at radius 2 is 1.82 bits per heavy atom. The summed E-state index contributed by atoms with van der Waals surface area (Å²) in [5, 5.41) is 16.6. The summed E-state index contributed by atoms with van der Waals surface area (Å²) in [7, 11) is 0. The second-order valence-electron chi connectivity index (χ2n) is 8.35. The van der Waals surface area contributed by atoms with E-state index in [9.17, 15) is 14.7 Å². The minimum Gasteiger partial charge on any atom is -0.544 e. The number of nitrogens with one attached hydrogen (secondary N) is 2. The number of piperidine rings is 1. The number of H-pyrrole nitrogens is 1. The van der Waals surface area contributed by atoms with Gasteiger partial charge in [-0.25, -0.2) is 4.98 Å². The van der Waals surface area contributed by atoms with E-state index in [1.807, 2.05) is 12.1 Å². The number of fused-ring (bicyclic) bond motifs is 1. The number of aromatic carboxylic acids is 1. The molecule has 34 heavy (non-hydrogen) atoms. The van der Waals surface area contributed by atoms with E-state index in [4.69, 9.17) is 34.8 Å². The summed E-state index contributed by atoms with van der Waals surface area (Å²) in [5.41, 5.74) is 2.32. The van der Waals surface area contributed by atoms with Crippen molar-refractivity contribution in [1.29, 1.82) is 0 Å². The van der Waals surface area contributed by atoms with E-state index < -0.39 is 5.97 Å². The van der Waals surface area contributed by atoms with Crippen molar-refractivity contribution >= 4 is 63.1 Å². The number of thiazole rings is 1. The molecule has 172 valence electrons. The Hall–Kier alpha value is -1.66.